The molecule has 0 fully saturated rings. The Hall–Kier alpha value is -8.20. The number of benzene rings is 10. The van der Waals surface area contributed by atoms with E-state index in [0.29, 0.717) is 0 Å². The molecule has 0 unspecified atom stereocenters. The molecule has 0 bridgehead atoms. The van der Waals surface area contributed by atoms with Crippen LogP contribution in [-0.4, -0.2) is 4.57 Å². The monoisotopic (exact) mass is 802 g/mol. The molecule has 1 aliphatic carbocycles. The fourth-order valence-electron chi connectivity index (χ4n) is 10.3. The summed E-state index contributed by atoms with van der Waals surface area (Å²) in [6.07, 6.45) is 0. The molecule has 63 heavy (non-hydrogen) atoms. The summed E-state index contributed by atoms with van der Waals surface area (Å²) in [5.74, 6) is 0. The summed E-state index contributed by atoms with van der Waals surface area (Å²) >= 11 is 0. The van der Waals surface area contributed by atoms with E-state index in [-0.39, 0.29) is 0 Å². The second-order valence-corrected chi connectivity index (χ2v) is 16.5. The number of anilines is 3. The second kappa shape index (κ2) is 15.1. The molecular weight excluding hydrogens is 761 g/mol. The van der Waals surface area contributed by atoms with Crippen LogP contribution in [0.4, 0.5) is 17.1 Å². The minimum Gasteiger partial charge on any atom is -0.310 e. The smallest absolute Gasteiger partial charge is 0.0714 e. The van der Waals surface area contributed by atoms with Crippen LogP contribution in [0.5, 0.6) is 0 Å². The van der Waals surface area contributed by atoms with Gasteiger partial charge in [-0.15, -0.1) is 0 Å². The van der Waals surface area contributed by atoms with Gasteiger partial charge in [0.1, 0.15) is 0 Å². The van der Waals surface area contributed by atoms with Crippen molar-refractivity contribution in [1.29, 1.82) is 0 Å². The summed E-state index contributed by atoms with van der Waals surface area (Å²) in [6.45, 7) is 0. The molecule has 0 amide bonds. The molecular formula is C61H42N2. The molecule has 1 heterocycles. The fourth-order valence-corrected chi connectivity index (χ4v) is 10.3. The van der Waals surface area contributed by atoms with Gasteiger partial charge in [-0.25, -0.2) is 0 Å². The van der Waals surface area contributed by atoms with Crippen LogP contribution >= 0.6 is 0 Å². The third kappa shape index (κ3) is 5.95. The minimum absolute atomic E-state index is 0.486. The van der Waals surface area contributed by atoms with Crippen LogP contribution in [0.1, 0.15) is 22.3 Å². The normalized spacial score (nSPS) is 12.6. The SMILES string of the molecule is c1ccc(N(c2cccc(-c3ccc(-c4ccc5c(c4)c4ccccc4n5-c4ccccc4)cc3)c2)c2ccc3c(c2)C(c2ccccc2)(c2ccccc2)c2ccccc2-3)cc1. The molecule has 0 spiro atoms. The lowest BCUT2D eigenvalue weighted by atomic mass is 9.67. The van der Waals surface area contributed by atoms with Crippen molar-refractivity contribution in [3.05, 3.63) is 277 Å². The zero-order valence-electron chi connectivity index (χ0n) is 34.6. The molecule has 0 atom stereocenters. The van der Waals surface area contributed by atoms with E-state index in [0.717, 1.165) is 22.6 Å². The predicted octanol–water partition coefficient (Wildman–Crippen LogP) is 16.0. The van der Waals surface area contributed by atoms with Crippen molar-refractivity contribution < 1.29 is 0 Å². The Bertz CT molecular complexity index is 3380. The Morgan fingerprint density at radius 3 is 1.54 bits per heavy atom. The van der Waals surface area contributed by atoms with E-state index in [1.54, 1.807) is 0 Å². The summed E-state index contributed by atoms with van der Waals surface area (Å²) in [7, 11) is 0. The standard InChI is InChI=1S/C61H42N2/c1-5-19-47(20-6-1)61(48-21-7-2-8-22-48)57-30-15-13-28-53(57)54-38-37-52(42-58(54)61)62(49-23-9-3-10-24-49)51-27-17-18-45(40-51)43-32-34-44(35-33-43)46-36-39-60-56(41-46)55-29-14-16-31-59(55)63(60)50-25-11-4-12-26-50/h1-42H. The van der Waals surface area contributed by atoms with Crippen LogP contribution in [0, 0.1) is 0 Å². The summed E-state index contributed by atoms with van der Waals surface area (Å²) in [6, 6.07) is 93.1. The van der Waals surface area contributed by atoms with E-state index < -0.39 is 5.41 Å². The zero-order chi connectivity index (χ0) is 41.7. The number of para-hydroxylation sites is 3. The van der Waals surface area contributed by atoms with Crippen molar-refractivity contribution in [2.24, 2.45) is 0 Å². The lowest BCUT2D eigenvalue weighted by Crippen LogP contribution is -2.28. The van der Waals surface area contributed by atoms with E-state index in [9.17, 15) is 0 Å². The van der Waals surface area contributed by atoms with Crippen molar-refractivity contribution >= 4 is 38.9 Å². The van der Waals surface area contributed by atoms with Gasteiger partial charge < -0.3 is 9.47 Å². The number of hydrogen-bond acceptors (Lipinski definition) is 1. The maximum atomic E-state index is 2.44. The molecule has 11 aromatic rings. The van der Waals surface area contributed by atoms with Crippen LogP contribution in [0.25, 0.3) is 60.9 Å². The maximum Gasteiger partial charge on any atom is 0.0714 e. The van der Waals surface area contributed by atoms with E-state index in [2.05, 4.69) is 264 Å². The van der Waals surface area contributed by atoms with Gasteiger partial charge in [0.05, 0.1) is 16.4 Å². The highest BCUT2D eigenvalue weighted by atomic mass is 15.1. The highest BCUT2D eigenvalue weighted by Crippen LogP contribution is 2.57. The number of nitrogens with zero attached hydrogens (tertiary/aromatic N) is 2. The average molecular weight is 803 g/mol. The Labute approximate surface area is 368 Å². The number of rotatable bonds is 8. The van der Waals surface area contributed by atoms with E-state index >= 15 is 0 Å². The fraction of sp³-hybridized carbons (Fsp3) is 0.0164. The molecule has 0 aliphatic heterocycles. The first-order valence-electron chi connectivity index (χ1n) is 21.8. The highest BCUT2D eigenvalue weighted by molar-refractivity contribution is 6.10. The first kappa shape index (κ1) is 36.6. The molecule has 2 heteroatoms. The van der Waals surface area contributed by atoms with Gasteiger partial charge in [0.15, 0.2) is 0 Å². The molecule has 296 valence electrons. The van der Waals surface area contributed by atoms with Gasteiger partial charge in [0.2, 0.25) is 0 Å². The van der Waals surface area contributed by atoms with Crippen molar-refractivity contribution in [1.82, 2.24) is 4.57 Å². The van der Waals surface area contributed by atoms with Gasteiger partial charge in [-0.05, 0) is 122 Å². The maximum absolute atomic E-state index is 2.44. The number of fused-ring (bicyclic) bond motifs is 6. The quantitative estimate of drug-likeness (QED) is 0.149. The molecule has 0 saturated heterocycles. The molecule has 12 rings (SSSR count). The molecule has 1 aromatic heterocycles. The first-order chi connectivity index (χ1) is 31.3. The minimum atomic E-state index is -0.486. The van der Waals surface area contributed by atoms with Crippen LogP contribution in [0.15, 0.2) is 255 Å². The predicted molar refractivity (Wildman–Crippen MR) is 264 cm³/mol. The largest absolute Gasteiger partial charge is 0.310 e. The first-order valence-corrected chi connectivity index (χ1v) is 21.8. The lowest BCUT2D eigenvalue weighted by molar-refractivity contribution is 0.768. The van der Waals surface area contributed by atoms with Crippen LogP contribution in [0.2, 0.25) is 0 Å². The molecule has 0 radical (unpaired) electrons. The van der Waals surface area contributed by atoms with Crippen LogP contribution < -0.4 is 4.90 Å². The van der Waals surface area contributed by atoms with E-state index in [1.807, 2.05) is 0 Å². The van der Waals surface area contributed by atoms with Gasteiger partial charge in [0.25, 0.3) is 0 Å². The Balaban J connectivity index is 0.949. The summed E-state index contributed by atoms with van der Waals surface area (Å²) in [4.78, 5) is 2.41. The van der Waals surface area contributed by atoms with Gasteiger partial charge in [-0.1, -0.05) is 188 Å². The zero-order valence-corrected chi connectivity index (χ0v) is 34.6. The summed E-state index contributed by atoms with van der Waals surface area (Å²) < 4.78 is 2.37. The summed E-state index contributed by atoms with van der Waals surface area (Å²) in [5, 5.41) is 2.51. The molecule has 0 N–H and O–H groups in total. The average Bonchev–Trinajstić information content (AvgIpc) is 3.85. The lowest BCUT2D eigenvalue weighted by Gasteiger charge is -2.35. The molecule has 2 nitrogen and oxygen atoms in total. The molecule has 1 aliphatic rings. The molecule has 10 aromatic carbocycles. The Morgan fingerprint density at radius 2 is 0.825 bits per heavy atom. The van der Waals surface area contributed by atoms with Crippen LogP contribution in [0.3, 0.4) is 0 Å². The number of hydrogen-bond donors (Lipinski definition) is 0. The number of aromatic nitrogens is 1. The topological polar surface area (TPSA) is 8.17 Å². The Morgan fingerprint density at radius 1 is 0.302 bits per heavy atom. The second-order valence-electron chi connectivity index (χ2n) is 16.5. The van der Waals surface area contributed by atoms with Gasteiger partial charge in [0, 0.05) is 33.5 Å². The molecule has 0 saturated carbocycles. The Kier molecular flexibility index (Phi) is 8.76. The third-order valence-electron chi connectivity index (χ3n) is 13.1. The van der Waals surface area contributed by atoms with E-state index in [4.69, 9.17) is 0 Å². The van der Waals surface area contributed by atoms with Crippen molar-refractivity contribution in [2.45, 2.75) is 5.41 Å². The van der Waals surface area contributed by atoms with Crippen molar-refractivity contribution in [3.8, 4) is 39.1 Å². The van der Waals surface area contributed by atoms with E-state index in [1.165, 1.54) is 77.6 Å². The van der Waals surface area contributed by atoms with Crippen LogP contribution in [-0.2, 0) is 5.41 Å². The van der Waals surface area contributed by atoms with Crippen molar-refractivity contribution in [3.63, 3.8) is 0 Å². The van der Waals surface area contributed by atoms with Gasteiger partial charge >= 0.3 is 0 Å². The van der Waals surface area contributed by atoms with Gasteiger partial charge in [-0.2, -0.15) is 0 Å². The van der Waals surface area contributed by atoms with Crippen molar-refractivity contribution in [2.75, 3.05) is 4.90 Å². The third-order valence-corrected chi connectivity index (χ3v) is 13.1. The summed E-state index contributed by atoms with van der Waals surface area (Å²) in [5.41, 5.74) is 18.8. The highest BCUT2D eigenvalue weighted by Gasteiger charge is 2.46. The van der Waals surface area contributed by atoms with Gasteiger partial charge in [-0.3, -0.25) is 0 Å².